The van der Waals surface area contributed by atoms with Crippen molar-refractivity contribution in [1.82, 2.24) is 20.0 Å². The van der Waals surface area contributed by atoms with Gasteiger partial charge in [-0.2, -0.15) is 5.10 Å². The first-order chi connectivity index (χ1) is 12.5. The van der Waals surface area contributed by atoms with Gasteiger partial charge in [-0.3, -0.25) is 4.99 Å². The lowest BCUT2D eigenvalue weighted by atomic mass is 10.1. The Balaban J connectivity index is 1.56. The molecule has 0 aliphatic carbocycles. The lowest BCUT2D eigenvalue weighted by Gasteiger charge is -2.22. The minimum atomic E-state index is -2.85. The Morgan fingerprint density at radius 1 is 1.38 bits per heavy atom. The van der Waals surface area contributed by atoms with Crippen molar-refractivity contribution in [3.8, 4) is 5.69 Å². The molecule has 8 heteroatoms. The van der Waals surface area contributed by atoms with Crippen LogP contribution in [0.4, 0.5) is 0 Å². The van der Waals surface area contributed by atoms with Crippen LogP contribution >= 0.6 is 0 Å². The predicted molar refractivity (Wildman–Crippen MR) is 103 cm³/mol. The van der Waals surface area contributed by atoms with Crippen molar-refractivity contribution in [3.05, 3.63) is 48.3 Å². The van der Waals surface area contributed by atoms with Gasteiger partial charge in [-0.15, -0.1) is 0 Å². The standard InChI is InChI=1S/C18H25N5O2S/c1-19-18(20-10-15-8-9-26(24,25)14-15)22(2)12-16-11-21-23(13-16)17-6-4-3-5-7-17/h3-7,11,13,15H,8-10,12,14H2,1-2H3,(H,19,20). The zero-order valence-corrected chi connectivity index (χ0v) is 16.0. The molecular formula is C18H25N5O2S. The molecule has 0 amide bonds. The van der Waals surface area contributed by atoms with Crippen LogP contribution in [0.5, 0.6) is 0 Å². The fraction of sp³-hybridized carbons (Fsp3) is 0.444. The number of aliphatic imine (C=N–C) groups is 1. The van der Waals surface area contributed by atoms with Gasteiger partial charge in [0.05, 0.1) is 23.4 Å². The summed E-state index contributed by atoms with van der Waals surface area (Å²) >= 11 is 0. The van der Waals surface area contributed by atoms with Crippen molar-refractivity contribution < 1.29 is 8.42 Å². The SMILES string of the molecule is CN=C(NCC1CCS(=O)(=O)C1)N(C)Cc1cnn(-c2ccccc2)c1. The number of nitrogens with zero attached hydrogens (tertiary/aromatic N) is 4. The van der Waals surface area contributed by atoms with E-state index in [4.69, 9.17) is 0 Å². The van der Waals surface area contributed by atoms with Crippen molar-refractivity contribution in [3.63, 3.8) is 0 Å². The van der Waals surface area contributed by atoms with Gasteiger partial charge in [0.25, 0.3) is 0 Å². The number of aromatic nitrogens is 2. The maximum absolute atomic E-state index is 11.6. The highest BCUT2D eigenvalue weighted by atomic mass is 32.2. The molecule has 1 N–H and O–H groups in total. The number of guanidine groups is 1. The van der Waals surface area contributed by atoms with Crippen LogP contribution in [0, 0.1) is 5.92 Å². The molecule has 0 bridgehead atoms. The summed E-state index contributed by atoms with van der Waals surface area (Å²) in [6.45, 7) is 1.29. The third-order valence-electron chi connectivity index (χ3n) is 4.53. The monoisotopic (exact) mass is 375 g/mol. The molecule has 140 valence electrons. The molecule has 2 heterocycles. The number of rotatable bonds is 5. The van der Waals surface area contributed by atoms with Crippen molar-refractivity contribution >= 4 is 15.8 Å². The van der Waals surface area contributed by atoms with Crippen LogP contribution in [-0.4, -0.2) is 61.2 Å². The third kappa shape index (κ3) is 4.63. The van der Waals surface area contributed by atoms with Crippen LogP contribution in [0.3, 0.4) is 0 Å². The molecule has 3 rings (SSSR count). The molecule has 1 saturated heterocycles. The molecule has 26 heavy (non-hydrogen) atoms. The summed E-state index contributed by atoms with van der Waals surface area (Å²) in [7, 11) is 0.846. The zero-order valence-electron chi connectivity index (χ0n) is 15.2. The molecule has 2 aromatic rings. The van der Waals surface area contributed by atoms with E-state index in [1.165, 1.54) is 0 Å². The second-order valence-electron chi connectivity index (χ2n) is 6.68. The van der Waals surface area contributed by atoms with Gasteiger partial charge in [-0.25, -0.2) is 13.1 Å². The van der Waals surface area contributed by atoms with Gasteiger partial charge in [0, 0.05) is 38.9 Å². The molecule has 0 saturated carbocycles. The van der Waals surface area contributed by atoms with Crippen LogP contribution < -0.4 is 5.32 Å². The Morgan fingerprint density at radius 2 is 2.15 bits per heavy atom. The van der Waals surface area contributed by atoms with Crippen LogP contribution in [0.1, 0.15) is 12.0 Å². The van der Waals surface area contributed by atoms with Gasteiger partial charge >= 0.3 is 0 Å². The topological polar surface area (TPSA) is 79.6 Å². The summed E-state index contributed by atoms with van der Waals surface area (Å²) in [4.78, 5) is 6.31. The Bertz CT molecular complexity index is 861. The summed E-state index contributed by atoms with van der Waals surface area (Å²) in [5.41, 5.74) is 2.09. The number of hydrogen-bond acceptors (Lipinski definition) is 4. The number of nitrogens with one attached hydrogen (secondary N) is 1. The molecule has 1 aliphatic rings. The summed E-state index contributed by atoms with van der Waals surface area (Å²) < 4.78 is 25.0. The van der Waals surface area contributed by atoms with Gasteiger partial charge < -0.3 is 10.2 Å². The molecule has 7 nitrogen and oxygen atoms in total. The van der Waals surface area contributed by atoms with E-state index in [9.17, 15) is 8.42 Å². The Morgan fingerprint density at radius 3 is 2.81 bits per heavy atom. The molecule has 1 fully saturated rings. The lowest BCUT2D eigenvalue weighted by molar-refractivity contribution is 0.463. The molecule has 1 aromatic carbocycles. The molecule has 1 aliphatic heterocycles. The first kappa shape index (κ1) is 18.4. The second-order valence-corrected chi connectivity index (χ2v) is 8.91. The maximum Gasteiger partial charge on any atom is 0.193 e. The summed E-state index contributed by atoms with van der Waals surface area (Å²) in [6.07, 6.45) is 4.57. The van der Waals surface area contributed by atoms with E-state index in [2.05, 4.69) is 15.4 Å². The highest BCUT2D eigenvalue weighted by molar-refractivity contribution is 7.91. The molecule has 0 radical (unpaired) electrons. The van der Waals surface area contributed by atoms with E-state index < -0.39 is 9.84 Å². The van der Waals surface area contributed by atoms with E-state index in [-0.39, 0.29) is 11.7 Å². The minimum absolute atomic E-state index is 0.158. The number of para-hydroxylation sites is 1. The van der Waals surface area contributed by atoms with E-state index in [1.807, 2.05) is 59.4 Å². The van der Waals surface area contributed by atoms with Crippen molar-refractivity contribution in [1.29, 1.82) is 0 Å². The highest BCUT2D eigenvalue weighted by Gasteiger charge is 2.27. The largest absolute Gasteiger partial charge is 0.356 e. The minimum Gasteiger partial charge on any atom is -0.356 e. The van der Waals surface area contributed by atoms with Gasteiger partial charge in [-0.05, 0) is 24.5 Å². The lowest BCUT2D eigenvalue weighted by Crippen LogP contribution is -2.40. The van der Waals surface area contributed by atoms with Gasteiger partial charge in [0.1, 0.15) is 0 Å². The summed E-state index contributed by atoms with van der Waals surface area (Å²) in [5.74, 6) is 1.48. The average Bonchev–Trinajstić information content (AvgIpc) is 3.22. The van der Waals surface area contributed by atoms with Crippen molar-refractivity contribution in [2.24, 2.45) is 10.9 Å². The fourth-order valence-electron chi connectivity index (χ4n) is 3.17. The molecule has 1 aromatic heterocycles. The maximum atomic E-state index is 11.6. The average molecular weight is 375 g/mol. The molecule has 0 spiro atoms. The van der Waals surface area contributed by atoms with E-state index >= 15 is 0 Å². The van der Waals surface area contributed by atoms with Gasteiger partial charge in [0.2, 0.25) is 0 Å². The van der Waals surface area contributed by atoms with Crippen LogP contribution in [0.2, 0.25) is 0 Å². The first-order valence-corrected chi connectivity index (χ1v) is 10.5. The van der Waals surface area contributed by atoms with Gasteiger partial charge in [-0.1, -0.05) is 18.2 Å². The molecule has 1 atom stereocenters. The first-order valence-electron chi connectivity index (χ1n) is 8.68. The molecule has 1 unspecified atom stereocenters. The number of sulfone groups is 1. The van der Waals surface area contributed by atoms with E-state index in [0.717, 1.165) is 23.6 Å². The van der Waals surface area contributed by atoms with Crippen LogP contribution in [0.25, 0.3) is 5.69 Å². The predicted octanol–water partition coefficient (Wildman–Crippen LogP) is 1.31. The number of hydrogen-bond donors (Lipinski definition) is 1. The van der Waals surface area contributed by atoms with Crippen LogP contribution in [-0.2, 0) is 16.4 Å². The number of benzene rings is 1. The Labute approximate surface area is 154 Å². The quantitative estimate of drug-likeness (QED) is 0.630. The Hall–Kier alpha value is -2.35. The Kier molecular flexibility index (Phi) is 5.61. The van der Waals surface area contributed by atoms with Crippen molar-refractivity contribution in [2.45, 2.75) is 13.0 Å². The second kappa shape index (κ2) is 7.90. The van der Waals surface area contributed by atoms with Crippen molar-refractivity contribution in [2.75, 3.05) is 32.1 Å². The fourth-order valence-corrected chi connectivity index (χ4v) is 5.03. The summed E-state index contributed by atoms with van der Waals surface area (Å²) in [6, 6.07) is 9.97. The summed E-state index contributed by atoms with van der Waals surface area (Å²) in [5, 5.41) is 7.70. The van der Waals surface area contributed by atoms with Gasteiger partial charge in [0.15, 0.2) is 15.8 Å². The molecular weight excluding hydrogens is 350 g/mol. The third-order valence-corrected chi connectivity index (χ3v) is 6.36. The smallest absolute Gasteiger partial charge is 0.193 e. The van der Waals surface area contributed by atoms with Crippen LogP contribution in [0.15, 0.2) is 47.7 Å². The van der Waals surface area contributed by atoms with E-state index in [0.29, 0.717) is 18.8 Å². The van der Waals surface area contributed by atoms with E-state index in [1.54, 1.807) is 7.05 Å². The zero-order chi connectivity index (χ0) is 18.6. The normalized spacial score (nSPS) is 19.5. The highest BCUT2D eigenvalue weighted by Crippen LogP contribution is 2.17.